The fourth-order valence-electron chi connectivity index (χ4n) is 7.62. The first-order valence-corrected chi connectivity index (χ1v) is 16.3. The van der Waals surface area contributed by atoms with Crippen molar-refractivity contribution in [2.45, 2.75) is 112 Å². The maximum Gasteiger partial charge on any atom is 0.339 e. The number of rotatable bonds is 10. The summed E-state index contributed by atoms with van der Waals surface area (Å²) < 4.78 is 11.7. The smallest absolute Gasteiger partial charge is 0.339 e. The number of hydrogen-bond acceptors (Lipinski definition) is 5. The Hall–Kier alpha value is -3.28. The van der Waals surface area contributed by atoms with Gasteiger partial charge in [-0.2, -0.15) is 0 Å². The molecule has 2 aliphatic carbocycles. The predicted octanol–water partition coefficient (Wildman–Crippen LogP) is 8.91. The Morgan fingerprint density at radius 2 is 1.58 bits per heavy atom. The van der Waals surface area contributed by atoms with Gasteiger partial charge in [-0.3, -0.25) is 4.79 Å². The molecular weight excluding hydrogens is 560 g/mol. The number of epoxide rings is 1. The maximum absolute atomic E-state index is 12.5. The molecule has 0 amide bonds. The van der Waals surface area contributed by atoms with Gasteiger partial charge in [0.15, 0.2) is 0 Å². The number of aliphatic hydroxyl groups is 1. The molecule has 1 N–H and O–H groups in total. The molecule has 0 aromatic heterocycles. The summed E-state index contributed by atoms with van der Waals surface area (Å²) in [4.78, 5) is 24.7. The van der Waals surface area contributed by atoms with Crippen molar-refractivity contribution in [1.82, 2.24) is 0 Å². The molecule has 0 aromatic rings. The molecule has 0 bridgehead atoms. The molecule has 4 aliphatic rings. The van der Waals surface area contributed by atoms with Gasteiger partial charge in [0.25, 0.3) is 0 Å². The molecular formula is C40H52O5. The zero-order valence-electron chi connectivity index (χ0n) is 28.7. The van der Waals surface area contributed by atoms with Crippen molar-refractivity contribution in [3.8, 4) is 0 Å². The Morgan fingerprint density at radius 3 is 2.24 bits per heavy atom. The van der Waals surface area contributed by atoms with Crippen molar-refractivity contribution >= 4 is 11.8 Å². The van der Waals surface area contributed by atoms with E-state index in [-0.39, 0.29) is 39.9 Å². The number of hydrogen-bond donors (Lipinski definition) is 1. The van der Waals surface area contributed by atoms with Crippen molar-refractivity contribution in [3.05, 3.63) is 107 Å². The third-order valence-corrected chi connectivity index (χ3v) is 9.98. The zero-order chi connectivity index (χ0) is 33.2. The van der Waals surface area contributed by atoms with Gasteiger partial charge in [0.2, 0.25) is 0 Å². The minimum absolute atomic E-state index is 0.00787. The summed E-state index contributed by atoms with van der Waals surface area (Å²) in [6, 6.07) is 0. The lowest BCUT2D eigenvalue weighted by molar-refractivity contribution is -0.133. The van der Waals surface area contributed by atoms with E-state index >= 15 is 0 Å². The Bertz CT molecular complexity index is 1480. The monoisotopic (exact) mass is 612 g/mol. The number of ether oxygens (including phenoxy) is 2. The molecule has 45 heavy (non-hydrogen) atoms. The summed E-state index contributed by atoms with van der Waals surface area (Å²) in [6.07, 6.45) is 27.1. The first-order chi connectivity index (χ1) is 21.0. The predicted molar refractivity (Wildman–Crippen MR) is 182 cm³/mol. The number of fused-ring (bicyclic) bond motifs is 1. The van der Waals surface area contributed by atoms with Gasteiger partial charge in [0.1, 0.15) is 22.7 Å². The molecule has 1 saturated heterocycles. The zero-order valence-corrected chi connectivity index (χ0v) is 28.7. The van der Waals surface area contributed by atoms with Gasteiger partial charge in [-0.25, -0.2) is 4.79 Å². The molecule has 2 aliphatic heterocycles. The Labute approximate surface area is 270 Å². The number of carbonyl (C=O) groups excluding carboxylic acids is 2. The molecule has 0 spiro atoms. The van der Waals surface area contributed by atoms with Crippen LogP contribution in [0.15, 0.2) is 107 Å². The molecule has 2 heterocycles. The number of allylic oxidation sites excluding steroid dienone is 14. The molecule has 5 nitrogen and oxygen atoms in total. The van der Waals surface area contributed by atoms with Crippen LogP contribution >= 0.6 is 0 Å². The summed E-state index contributed by atoms with van der Waals surface area (Å²) in [6.45, 7) is 18.9. The minimum Gasteiger partial charge on any atom is -0.423 e. The lowest BCUT2D eigenvalue weighted by Crippen LogP contribution is -2.44. The van der Waals surface area contributed by atoms with E-state index in [9.17, 15) is 14.7 Å². The summed E-state index contributed by atoms with van der Waals surface area (Å²) in [5, 5.41) is 10.1. The highest BCUT2D eigenvalue weighted by atomic mass is 16.6. The van der Waals surface area contributed by atoms with Crippen LogP contribution in [0.2, 0.25) is 0 Å². The first-order valence-electron chi connectivity index (χ1n) is 16.3. The number of carbonyl (C=O) groups is 2. The second-order valence-electron chi connectivity index (χ2n) is 15.0. The fraction of sp³-hybridized carbons (Fsp3) is 0.500. The van der Waals surface area contributed by atoms with Crippen molar-refractivity contribution < 1.29 is 24.2 Å². The standard InChI is InChI=1S/C40H52O5/c1-27(15-12-16-28(2)19-20-40-38(7,8)25-33(42)26-39(40,9)45-40)13-10-11-14-29(3)21-34-23-31(36(43)44-34)17-18-35-30(4)22-32(41)24-37(35,5)6/h10-16,19-23,32,35,41H,17-18,24-26H2,1-9H3/b11-10+,15-12+,20-19+,27-13+,28-16+,29-14+,34-21-/t32-,35+,39-,40+/m1/s1. The lowest BCUT2D eigenvalue weighted by Gasteiger charge is -2.40. The highest BCUT2D eigenvalue weighted by Crippen LogP contribution is 2.65. The van der Waals surface area contributed by atoms with E-state index in [1.54, 1.807) is 0 Å². The van der Waals surface area contributed by atoms with Crippen LogP contribution in [-0.2, 0) is 19.1 Å². The Balaban J connectivity index is 1.29. The molecule has 0 unspecified atom stereocenters. The van der Waals surface area contributed by atoms with Crippen LogP contribution in [0, 0.1) is 16.7 Å². The summed E-state index contributed by atoms with van der Waals surface area (Å²) in [5.41, 5.74) is 4.15. The third-order valence-electron chi connectivity index (χ3n) is 9.98. The van der Waals surface area contributed by atoms with E-state index in [0.29, 0.717) is 36.5 Å². The van der Waals surface area contributed by atoms with E-state index < -0.39 is 0 Å². The fourth-order valence-corrected chi connectivity index (χ4v) is 7.62. The summed E-state index contributed by atoms with van der Waals surface area (Å²) in [7, 11) is 0. The van der Waals surface area contributed by atoms with E-state index in [1.165, 1.54) is 5.57 Å². The average Bonchev–Trinajstić information content (AvgIpc) is 3.38. The lowest BCUT2D eigenvalue weighted by atomic mass is 9.63. The van der Waals surface area contributed by atoms with Crippen molar-refractivity contribution in [2.75, 3.05) is 0 Å². The van der Waals surface area contributed by atoms with Gasteiger partial charge in [-0.15, -0.1) is 0 Å². The van der Waals surface area contributed by atoms with Crippen molar-refractivity contribution in [3.63, 3.8) is 0 Å². The molecule has 4 atom stereocenters. The van der Waals surface area contributed by atoms with Gasteiger partial charge >= 0.3 is 5.97 Å². The van der Waals surface area contributed by atoms with Crippen LogP contribution < -0.4 is 0 Å². The van der Waals surface area contributed by atoms with Gasteiger partial charge in [-0.05, 0) is 89.0 Å². The molecule has 0 radical (unpaired) electrons. The molecule has 2 fully saturated rings. The van der Waals surface area contributed by atoms with Crippen LogP contribution in [0.5, 0.6) is 0 Å². The number of Topliss-reactive ketones (excluding diaryl/α,β-unsaturated/α-hetero) is 1. The average molecular weight is 613 g/mol. The molecule has 242 valence electrons. The normalized spacial score (nSPS) is 32.8. The van der Waals surface area contributed by atoms with E-state index in [4.69, 9.17) is 9.47 Å². The molecule has 5 heteroatoms. The van der Waals surface area contributed by atoms with Crippen LogP contribution in [-0.4, -0.2) is 34.2 Å². The van der Waals surface area contributed by atoms with E-state index in [1.807, 2.05) is 62.5 Å². The van der Waals surface area contributed by atoms with E-state index in [0.717, 1.165) is 29.6 Å². The number of cyclic esters (lactones) is 1. The van der Waals surface area contributed by atoms with Crippen LogP contribution in [0.4, 0.5) is 0 Å². The van der Waals surface area contributed by atoms with Crippen molar-refractivity contribution in [1.29, 1.82) is 0 Å². The first kappa shape index (κ1) is 34.6. The second kappa shape index (κ2) is 13.2. The van der Waals surface area contributed by atoms with Crippen LogP contribution in [0.3, 0.4) is 0 Å². The number of ketones is 1. The van der Waals surface area contributed by atoms with Crippen LogP contribution in [0.25, 0.3) is 0 Å². The van der Waals surface area contributed by atoms with E-state index in [2.05, 4.69) is 72.8 Å². The van der Waals surface area contributed by atoms with Gasteiger partial charge < -0.3 is 14.6 Å². The number of aliphatic hydroxyl groups excluding tert-OH is 1. The van der Waals surface area contributed by atoms with Gasteiger partial charge in [0.05, 0.1) is 6.10 Å². The Kier molecular flexibility index (Phi) is 10.2. The largest absolute Gasteiger partial charge is 0.423 e. The van der Waals surface area contributed by atoms with Crippen molar-refractivity contribution in [2.24, 2.45) is 16.7 Å². The second-order valence-corrected chi connectivity index (χ2v) is 15.0. The topological polar surface area (TPSA) is 76.1 Å². The van der Waals surface area contributed by atoms with Crippen LogP contribution in [0.1, 0.15) is 94.4 Å². The summed E-state index contributed by atoms with van der Waals surface area (Å²) in [5.74, 6) is 0.921. The molecule has 0 aromatic carbocycles. The molecule has 4 rings (SSSR count). The highest BCUT2D eigenvalue weighted by molar-refractivity contribution is 5.92. The maximum atomic E-state index is 12.5. The highest BCUT2D eigenvalue weighted by Gasteiger charge is 2.74. The number of esters is 1. The SMILES string of the molecule is CC1=C[C@@H](O)CC(C)(C)[C@H]1CCC1=C/C(=C/C(C)=C/C=C/C=C(C)/C=C/C=C(C)/C=C/[C@@]23O[C@]2(C)CC(=O)CC3(C)C)OC1=O. The minimum atomic E-state index is -0.388. The Morgan fingerprint density at radius 1 is 0.933 bits per heavy atom. The summed E-state index contributed by atoms with van der Waals surface area (Å²) >= 11 is 0. The van der Waals surface area contributed by atoms with Gasteiger partial charge in [-0.1, -0.05) is 99.1 Å². The third kappa shape index (κ3) is 7.93. The molecule has 1 saturated carbocycles. The quantitative estimate of drug-likeness (QED) is 0.115. The van der Waals surface area contributed by atoms with Gasteiger partial charge in [0, 0.05) is 23.8 Å².